The van der Waals surface area contributed by atoms with Crippen LogP contribution in [0.15, 0.2) is 18.2 Å². The van der Waals surface area contributed by atoms with Crippen LogP contribution < -0.4 is 10.5 Å². The van der Waals surface area contributed by atoms with E-state index in [0.29, 0.717) is 12.8 Å². The molecule has 1 aromatic rings. The molecule has 3 nitrogen and oxygen atoms in total. The van der Waals surface area contributed by atoms with Gasteiger partial charge in [0.2, 0.25) is 0 Å². The molecule has 0 aliphatic rings. The lowest BCUT2D eigenvalue weighted by Crippen LogP contribution is -2.34. The van der Waals surface area contributed by atoms with Crippen molar-refractivity contribution in [3.63, 3.8) is 0 Å². The number of benzene rings is 1. The quantitative estimate of drug-likeness (QED) is 0.752. The molecule has 3 N–H and O–H groups in total. The summed E-state index contributed by atoms with van der Waals surface area (Å²) >= 11 is 0. The summed E-state index contributed by atoms with van der Waals surface area (Å²) in [5.41, 5.74) is 4.42. The van der Waals surface area contributed by atoms with Gasteiger partial charge in [0, 0.05) is 12.6 Å². The van der Waals surface area contributed by atoms with Gasteiger partial charge >= 0.3 is 0 Å². The monoisotopic (exact) mass is 245 g/mol. The molecule has 0 aliphatic heterocycles. The second-order valence-electron chi connectivity index (χ2n) is 4.23. The molecule has 0 amide bonds. The molecule has 17 heavy (non-hydrogen) atoms. The van der Waals surface area contributed by atoms with Crippen molar-refractivity contribution < 1.29 is 18.6 Å². The topological polar surface area (TPSA) is 55.5 Å². The lowest BCUT2D eigenvalue weighted by molar-refractivity contribution is 0.0534. The minimum Gasteiger partial charge on any atom is -0.491 e. The third-order valence-corrected chi connectivity index (χ3v) is 2.45. The Morgan fingerprint density at radius 3 is 2.71 bits per heavy atom. The van der Waals surface area contributed by atoms with Crippen molar-refractivity contribution in [3.05, 3.63) is 29.8 Å². The largest absolute Gasteiger partial charge is 0.491 e. The second kappa shape index (κ2) is 5.93. The van der Waals surface area contributed by atoms with E-state index in [-0.39, 0.29) is 18.9 Å². The summed E-state index contributed by atoms with van der Waals surface area (Å²) in [6.07, 6.45) is 1.01. The highest BCUT2D eigenvalue weighted by atomic mass is 19.1. The average Bonchev–Trinajstić information content (AvgIpc) is 2.27. The second-order valence-corrected chi connectivity index (χ2v) is 4.23. The minimum atomic E-state index is -0.926. The Bertz CT molecular complexity index is 370. The molecular formula is C12H17F2NO2. The van der Waals surface area contributed by atoms with Gasteiger partial charge in [0.05, 0.1) is 12.2 Å². The first-order chi connectivity index (χ1) is 7.94. The van der Waals surface area contributed by atoms with Crippen LogP contribution in [0.5, 0.6) is 5.75 Å². The molecule has 0 heterocycles. The molecule has 0 fully saturated rings. The van der Waals surface area contributed by atoms with Crippen molar-refractivity contribution in [1.29, 1.82) is 0 Å². The zero-order valence-corrected chi connectivity index (χ0v) is 9.75. The Morgan fingerprint density at radius 1 is 1.41 bits per heavy atom. The van der Waals surface area contributed by atoms with Crippen LogP contribution in [-0.2, 0) is 0 Å². The summed E-state index contributed by atoms with van der Waals surface area (Å²) in [5.74, 6) is -1.35. The number of ether oxygens (including phenoxy) is 1. The molecule has 96 valence electrons. The van der Waals surface area contributed by atoms with E-state index >= 15 is 0 Å². The van der Waals surface area contributed by atoms with E-state index in [1.54, 1.807) is 6.92 Å². The van der Waals surface area contributed by atoms with Gasteiger partial charge in [0.15, 0.2) is 11.6 Å². The van der Waals surface area contributed by atoms with E-state index < -0.39 is 17.2 Å². The highest BCUT2D eigenvalue weighted by Crippen LogP contribution is 2.18. The van der Waals surface area contributed by atoms with Crippen molar-refractivity contribution in [1.82, 2.24) is 0 Å². The van der Waals surface area contributed by atoms with Crippen LogP contribution in [0.2, 0.25) is 0 Å². The van der Waals surface area contributed by atoms with Crippen LogP contribution in [0.3, 0.4) is 0 Å². The van der Waals surface area contributed by atoms with E-state index in [9.17, 15) is 13.9 Å². The lowest BCUT2D eigenvalue weighted by Gasteiger charge is -2.20. The molecule has 1 rings (SSSR count). The fourth-order valence-corrected chi connectivity index (χ4v) is 1.33. The van der Waals surface area contributed by atoms with Gasteiger partial charge in [-0.25, -0.2) is 8.78 Å². The number of nitrogens with two attached hydrogens (primary N) is 1. The van der Waals surface area contributed by atoms with Crippen molar-refractivity contribution in [2.24, 2.45) is 5.73 Å². The van der Waals surface area contributed by atoms with Crippen molar-refractivity contribution in [2.75, 3.05) is 13.2 Å². The summed E-state index contributed by atoms with van der Waals surface area (Å²) in [7, 11) is 0. The molecule has 0 aromatic heterocycles. The summed E-state index contributed by atoms with van der Waals surface area (Å²) in [4.78, 5) is 0. The molecule has 5 heteroatoms. The molecule has 1 aromatic carbocycles. The third kappa shape index (κ3) is 4.66. The smallest absolute Gasteiger partial charge is 0.167 e. The molecule has 0 bridgehead atoms. The highest BCUT2D eigenvalue weighted by Gasteiger charge is 2.17. The van der Waals surface area contributed by atoms with Gasteiger partial charge in [-0.05, 0) is 31.9 Å². The maximum Gasteiger partial charge on any atom is 0.167 e. The third-order valence-electron chi connectivity index (χ3n) is 2.45. The fourth-order valence-electron chi connectivity index (χ4n) is 1.33. The SMILES string of the molecule is CC(O)(CN)CCCOc1ccc(F)cc1F. The Hall–Kier alpha value is -1.20. The Labute approximate surface area is 99.2 Å². The zero-order valence-electron chi connectivity index (χ0n) is 9.75. The van der Waals surface area contributed by atoms with Crippen molar-refractivity contribution >= 4 is 0 Å². The number of hydrogen-bond acceptors (Lipinski definition) is 3. The molecule has 0 aliphatic carbocycles. The summed E-state index contributed by atoms with van der Waals surface area (Å²) in [6.45, 7) is 2.04. The molecular weight excluding hydrogens is 228 g/mol. The van der Waals surface area contributed by atoms with Crippen molar-refractivity contribution in [3.8, 4) is 5.75 Å². The first-order valence-electron chi connectivity index (χ1n) is 5.45. The van der Waals surface area contributed by atoms with Crippen LogP contribution in [0.4, 0.5) is 8.78 Å². The van der Waals surface area contributed by atoms with E-state index in [4.69, 9.17) is 10.5 Å². The molecule has 1 atom stereocenters. The van der Waals surface area contributed by atoms with E-state index in [2.05, 4.69) is 0 Å². The van der Waals surface area contributed by atoms with Gasteiger partial charge in [0.25, 0.3) is 0 Å². The van der Waals surface area contributed by atoms with Crippen molar-refractivity contribution in [2.45, 2.75) is 25.4 Å². The maximum atomic E-state index is 13.1. The first kappa shape index (κ1) is 13.9. The van der Waals surface area contributed by atoms with E-state index in [0.717, 1.165) is 12.1 Å². The fraction of sp³-hybridized carbons (Fsp3) is 0.500. The molecule has 1 unspecified atom stereocenters. The van der Waals surface area contributed by atoms with Gasteiger partial charge in [-0.2, -0.15) is 0 Å². The normalized spacial score (nSPS) is 14.4. The van der Waals surface area contributed by atoms with Gasteiger partial charge in [-0.3, -0.25) is 0 Å². The Kier molecular flexibility index (Phi) is 4.84. The minimum absolute atomic E-state index is 0.0128. The van der Waals surface area contributed by atoms with E-state index in [1.807, 2.05) is 0 Å². The zero-order chi connectivity index (χ0) is 12.9. The Morgan fingerprint density at radius 2 is 2.12 bits per heavy atom. The molecule has 0 spiro atoms. The van der Waals surface area contributed by atoms with Gasteiger partial charge in [-0.15, -0.1) is 0 Å². The lowest BCUT2D eigenvalue weighted by atomic mass is 10.0. The van der Waals surface area contributed by atoms with Gasteiger partial charge in [0.1, 0.15) is 5.82 Å². The van der Waals surface area contributed by atoms with Crippen LogP contribution in [0.1, 0.15) is 19.8 Å². The molecule has 0 saturated heterocycles. The van der Waals surface area contributed by atoms with Crippen LogP contribution in [-0.4, -0.2) is 23.9 Å². The van der Waals surface area contributed by atoms with E-state index in [1.165, 1.54) is 6.07 Å². The van der Waals surface area contributed by atoms with Crippen LogP contribution >= 0.6 is 0 Å². The highest BCUT2D eigenvalue weighted by molar-refractivity contribution is 5.24. The number of aliphatic hydroxyl groups is 1. The number of rotatable bonds is 6. The maximum absolute atomic E-state index is 13.1. The van der Waals surface area contributed by atoms with Gasteiger partial charge in [-0.1, -0.05) is 0 Å². The van der Waals surface area contributed by atoms with Crippen LogP contribution in [0, 0.1) is 11.6 Å². The summed E-state index contributed by atoms with van der Waals surface area (Å²) < 4.78 is 30.9. The predicted octanol–water partition coefficient (Wildman–Crippen LogP) is 1.83. The number of hydrogen-bond donors (Lipinski definition) is 2. The van der Waals surface area contributed by atoms with Gasteiger partial charge < -0.3 is 15.6 Å². The number of halogens is 2. The summed E-state index contributed by atoms with van der Waals surface area (Å²) in [5, 5.41) is 9.61. The molecule has 0 radical (unpaired) electrons. The molecule has 0 saturated carbocycles. The van der Waals surface area contributed by atoms with Crippen LogP contribution in [0.25, 0.3) is 0 Å². The summed E-state index contributed by atoms with van der Waals surface area (Å²) in [6, 6.07) is 3.14. The average molecular weight is 245 g/mol. The Balaban J connectivity index is 2.36. The first-order valence-corrected chi connectivity index (χ1v) is 5.45. The predicted molar refractivity (Wildman–Crippen MR) is 60.8 cm³/mol. The standard InChI is InChI=1S/C12H17F2NO2/c1-12(16,8-15)5-2-6-17-11-4-3-9(13)7-10(11)14/h3-4,7,16H,2,5-6,8,15H2,1H3.